The standard InChI is InChI=1S/C7H10N2O/c10-7-5-1-3-8-6(5)2-4-9-7/h2,5,8H,1,3-4H2,(H,9,10). The summed E-state index contributed by atoms with van der Waals surface area (Å²) in [6.45, 7) is 1.64. The molecule has 1 unspecified atom stereocenters. The van der Waals surface area contributed by atoms with Crippen molar-refractivity contribution in [1.82, 2.24) is 10.6 Å². The van der Waals surface area contributed by atoms with Gasteiger partial charge >= 0.3 is 0 Å². The number of rotatable bonds is 0. The molecule has 10 heavy (non-hydrogen) atoms. The monoisotopic (exact) mass is 138 g/mol. The summed E-state index contributed by atoms with van der Waals surface area (Å²) in [5.74, 6) is 0.316. The fraction of sp³-hybridized carbons (Fsp3) is 0.571. The van der Waals surface area contributed by atoms with Crippen LogP contribution in [0.1, 0.15) is 6.42 Å². The lowest BCUT2D eigenvalue weighted by molar-refractivity contribution is -0.123. The zero-order valence-electron chi connectivity index (χ0n) is 5.68. The molecule has 2 aliphatic heterocycles. The van der Waals surface area contributed by atoms with Crippen molar-refractivity contribution in [2.24, 2.45) is 5.92 Å². The molecular weight excluding hydrogens is 128 g/mol. The van der Waals surface area contributed by atoms with Crippen LogP contribution in [0.25, 0.3) is 0 Å². The van der Waals surface area contributed by atoms with Gasteiger partial charge in [0.1, 0.15) is 0 Å². The van der Waals surface area contributed by atoms with Gasteiger partial charge in [0, 0.05) is 18.8 Å². The Morgan fingerprint density at radius 2 is 2.40 bits per heavy atom. The van der Waals surface area contributed by atoms with E-state index in [2.05, 4.69) is 16.7 Å². The number of amides is 1. The number of hydrogen-bond donors (Lipinski definition) is 2. The van der Waals surface area contributed by atoms with Gasteiger partial charge in [-0.15, -0.1) is 0 Å². The smallest absolute Gasteiger partial charge is 0.229 e. The van der Waals surface area contributed by atoms with Crippen LogP contribution in [0.3, 0.4) is 0 Å². The molecule has 1 amide bonds. The van der Waals surface area contributed by atoms with E-state index in [9.17, 15) is 4.79 Å². The van der Waals surface area contributed by atoms with Crippen molar-refractivity contribution < 1.29 is 4.79 Å². The topological polar surface area (TPSA) is 41.1 Å². The maximum atomic E-state index is 11.1. The minimum absolute atomic E-state index is 0.133. The van der Waals surface area contributed by atoms with Gasteiger partial charge in [-0.2, -0.15) is 0 Å². The Morgan fingerprint density at radius 1 is 1.50 bits per heavy atom. The van der Waals surface area contributed by atoms with Crippen molar-refractivity contribution >= 4 is 5.91 Å². The third-order valence-corrected chi connectivity index (χ3v) is 2.05. The van der Waals surface area contributed by atoms with Gasteiger partial charge in [-0.25, -0.2) is 0 Å². The molecule has 2 N–H and O–H groups in total. The average Bonchev–Trinajstić information content (AvgIpc) is 2.36. The van der Waals surface area contributed by atoms with Gasteiger partial charge in [0.25, 0.3) is 0 Å². The zero-order chi connectivity index (χ0) is 6.97. The zero-order valence-corrected chi connectivity index (χ0v) is 5.68. The van der Waals surface area contributed by atoms with E-state index in [1.54, 1.807) is 0 Å². The Morgan fingerprint density at radius 3 is 3.20 bits per heavy atom. The quantitative estimate of drug-likeness (QED) is 0.478. The minimum Gasteiger partial charge on any atom is -0.388 e. The Bertz CT molecular complexity index is 198. The van der Waals surface area contributed by atoms with Gasteiger partial charge in [0.15, 0.2) is 0 Å². The molecule has 0 saturated carbocycles. The second-order valence-corrected chi connectivity index (χ2v) is 2.67. The lowest BCUT2D eigenvalue weighted by Gasteiger charge is -2.16. The summed E-state index contributed by atoms with van der Waals surface area (Å²) in [4.78, 5) is 11.1. The van der Waals surface area contributed by atoms with Crippen LogP contribution in [-0.4, -0.2) is 19.0 Å². The molecule has 54 valence electrons. The van der Waals surface area contributed by atoms with Crippen LogP contribution in [0.4, 0.5) is 0 Å². The molecule has 3 nitrogen and oxygen atoms in total. The first-order chi connectivity index (χ1) is 4.88. The van der Waals surface area contributed by atoms with Crippen molar-refractivity contribution in [3.05, 3.63) is 11.8 Å². The molecule has 0 aromatic rings. The summed E-state index contributed by atoms with van der Waals surface area (Å²) in [5, 5.41) is 5.99. The van der Waals surface area contributed by atoms with E-state index in [1.807, 2.05) is 0 Å². The first kappa shape index (κ1) is 5.77. The lowest BCUT2D eigenvalue weighted by atomic mass is 10.0. The van der Waals surface area contributed by atoms with Gasteiger partial charge in [-0.3, -0.25) is 4.79 Å². The number of carbonyl (C=O) groups is 1. The van der Waals surface area contributed by atoms with Gasteiger partial charge in [-0.1, -0.05) is 0 Å². The van der Waals surface area contributed by atoms with E-state index < -0.39 is 0 Å². The minimum atomic E-state index is 0.133. The summed E-state index contributed by atoms with van der Waals surface area (Å²) in [6, 6.07) is 0. The number of nitrogens with one attached hydrogen (secondary N) is 2. The molecule has 1 saturated heterocycles. The summed E-state index contributed by atoms with van der Waals surface area (Å²) >= 11 is 0. The fourth-order valence-electron chi connectivity index (χ4n) is 1.51. The van der Waals surface area contributed by atoms with Crippen molar-refractivity contribution in [3.63, 3.8) is 0 Å². The van der Waals surface area contributed by atoms with Crippen molar-refractivity contribution in [2.45, 2.75) is 6.42 Å². The van der Waals surface area contributed by atoms with Crippen LogP contribution >= 0.6 is 0 Å². The molecule has 0 bridgehead atoms. The van der Waals surface area contributed by atoms with Crippen molar-refractivity contribution in [3.8, 4) is 0 Å². The Balaban J connectivity index is 2.26. The maximum Gasteiger partial charge on any atom is 0.229 e. The van der Waals surface area contributed by atoms with Crippen LogP contribution in [0.5, 0.6) is 0 Å². The largest absolute Gasteiger partial charge is 0.388 e. The van der Waals surface area contributed by atoms with Crippen LogP contribution < -0.4 is 10.6 Å². The average molecular weight is 138 g/mol. The molecule has 3 heteroatoms. The lowest BCUT2D eigenvalue weighted by Crippen LogP contribution is -2.35. The van der Waals surface area contributed by atoms with Crippen molar-refractivity contribution in [2.75, 3.05) is 13.1 Å². The van der Waals surface area contributed by atoms with Crippen molar-refractivity contribution in [1.29, 1.82) is 0 Å². The summed E-state index contributed by atoms with van der Waals surface area (Å²) in [5.41, 5.74) is 1.13. The molecular formula is C7H10N2O. The SMILES string of the molecule is O=C1NCC=C2NCCC12. The molecule has 0 radical (unpaired) electrons. The first-order valence-electron chi connectivity index (χ1n) is 3.59. The molecule has 2 rings (SSSR count). The number of fused-ring (bicyclic) bond motifs is 1. The van der Waals surface area contributed by atoms with Crippen LogP contribution in [0.2, 0.25) is 0 Å². The van der Waals surface area contributed by atoms with E-state index in [4.69, 9.17) is 0 Å². The molecule has 0 spiro atoms. The van der Waals surface area contributed by atoms with E-state index in [0.29, 0.717) is 6.54 Å². The van der Waals surface area contributed by atoms with Crippen LogP contribution in [-0.2, 0) is 4.79 Å². The number of hydrogen-bond acceptors (Lipinski definition) is 2. The third kappa shape index (κ3) is 0.701. The highest BCUT2D eigenvalue weighted by Gasteiger charge is 2.29. The van der Waals surface area contributed by atoms with Gasteiger partial charge in [-0.05, 0) is 12.5 Å². The van der Waals surface area contributed by atoms with E-state index in [-0.39, 0.29) is 11.8 Å². The van der Waals surface area contributed by atoms with Crippen LogP contribution in [0, 0.1) is 5.92 Å². The molecule has 0 aromatic heterocycles. The Hall–Kier alpha value is -0.990. The molecule has 0 aromatic carbocycles. The molecule has 1 atom stereocenters. The first-order valence-corrected chi connectivity index (χ1v) is 3.59. The number of carbonyl (C=O) groups excluding carboxylic acids is 1. The summed E-state index contributed by atoms with van der Waals surface area (Å²) in [7, 11) is 0. The highest BCUT2D eigenvalue weighted by molar-refractivity contribution is 5.83. The Labute approximate surface area is 59.5 Å². The van der Waals surface area contributed by atoms with E-state index in [1.165, 1.54) is 0 Å². The molecule has 1 fully saturated rings. The normalized spacial score (nSPS) is 30.2. The summed E-state index contributed by atoms with van der Waals surface area (Å²) < 4.78 is 0. The molecule has 2 aliphatic rings. The summed E-state index contributed by atoms with van der Waals surface area (Å²) in [6.07, 6.45) is 3.01. The van der Waals surface area contributed by atoms with Gasteiger partial charge < -0.3 is 10.6 Å². The predicted octanol–water partition coefficient (Wildman–Crippen LogP) is -0.390. The van der Waals surface area contributed by atoms with Gasteiger partial charge in [0.2, 0.25) is 5.91 Å². The second-order valence-electron chi connectivity index (χ2n) is 2.67. The highest BCUT2D eigenvalue weighted by Crippen LogP contribution is 2.20. The van der Waals surface area contributed by atoms with E-state index in [0.717, 1.165) is 18.7 Å². The predicted molar refractivity (Wildman–Crippen MR) is 37.2 cm³/mol. The molecule has 0 aliphatic carbocycles. The van der Waals surface area contributed by atoms with E-state index >= 15 is 0 Å². The second kappa shape index (κ2) is 2.01. The molecule has 2 heterocycles. The van der Waals surface area contributed by atoms with Gasteiger partial charge in [0.05, 0.1) is 5.92 Å². The highest BCUT2D eigenvalue weighted by atomic mass is 16.2. The fourth-order valence-corrected chi connectivity index (χ4v) is 1.51. The Kier molecular flexibility index (Phi) is 1.16. The maximum absolute atomic E-state index is 11.1. The van der Waals surface area contributed by atoms with Crippen LogP contribution in [0.15, 0.2) is 11.8 Å². The third-order valence-electron chi connectivity index (χ3n) is 2.05.